The first-order valence-corrected chi connectivity index (χ1v) is 24.5. The Hall–Kier alpha value is -3.10. The van der Waals surface area contributed by atoms with Crippen molar-refractivity contribution in [2.75, 3.05) is 0 Å². The zero-order valence-electron chi connectivity index (χ0n) is 34.3. The second kappa shape index (κ2) is 15.1. The lowest BCUT2D eigenvalue weighted by molar-refractivity contribution is 0.0274. The second-order valence-electron chi connectivity index (χ2n) is 19.7. The van der Waals surface area contributed by atoms with Crippen molar-refractivity contribution in [1.82, 2.24) is 20.4 Å². The molecule has 14 unspecified atom stereocenters. The van der Waals surface area contributed by atoms with Crippen LogP contribution in [0.3, 0.4) is 0 Å². The van der Waals surface area contributed by atoms with Crippen LogP contribution < -0.4 is 16.4 Å². The van der Waals surface area contributed by atoms with Crippen molar-refractivity contribution in [2.45, 2.75) is 157 Å². The first-order chi connectivity index (χ1) is 28.7. The van der Waals surface area contributed by atoms with Gasteiger partial charge in [-0.3, -0.25) is 15.1 Å². The minimum atomic E-state index is -0.00940. The van der Waals surface area contributed by atoms with Gasteiger partial charge in [-0.15, -0.1) is 11.8 Å². The SMILES string of the molecule is NC1=CC(C2=NC(C3=CC=CCC3)NC(C3=CCC4SC5=C(CCCC5)C4=C3)N2)CCC1N1C2CCCCC2C2CCC3C(C4C=CC=CC4N3C3C=CC=CC3)C21. The van der Waals surface area contributed by atoms with E-state index < -0.39 is 0 Å². The molecule has 0 amide bonds. The average Bonchev–Trinajstić information content (AvgIpc) is 3.94. The van der Waals surface area contributed by atoms with Crippen molar-refractivity contribution >= 4 is 17.6 Å². The van der Waals surface area contributed by atoms with Crippen LogP contribution in [0.25, 0.3) is 0 Å². The van der Waals surface area contributed by atoms with Gasteiger partial charge in [-0.1, -0.05) is 97.9 Å². The maximum Gasteiger partial charge on any atom is 0.125 e. The molecule has 14 atom stereocenters. The lowest BCUT2D eigenvalue weighted by atomic mass is 9.66. The molecular weight excluding hydrogens is 729 g/mol. The van der Waals surface area contributed by atoms with Crippen LogP contribution in [-0.4, -0.2) is 69.5 Å². The number of allylic oxidation sites excluding steroid dienone is 10. The van der Waals surface area contributed by atoms with E-state index in [9.17, 15) is 0 Å². The molecule has 0 spiro atoms. The summed E-state index contributed by atoms with van der Waals surface area (Å²) >= 11 is 2.16. The van der Waals surface area contributed by atoms with Gasteiger partial charge in [0, 0.05) is 59.0 Å². The van der Waals surface area contributed by atoms with E-state index in [2.05, 4.69) is 117 Å². The first-order valence-electron chi connectivity index (χ1n) is 23.6. The standard InChI is InChI=1S/C51H64N6S/c52-40-30-33(51-54-49(31-13-3-1-4-14-31)53-50(55-51)32-24-28-46-39(29-32)36-18-9-12-22-45(36)58-46)23-26-43(40)57-41-20-10-7-17-35(41)37-25-27-44-47(48(37)57)38-19-8-11-21-42(38)56(44)34-15-5-2-6-16-34/h1-3,5-6,8,11,13,15,19,21,24,29-30,33-35,37-38,41-44,46-50,53H,4,7,9-10,12,14,16-18,20,22-23,25-28,52H2,(H,54,55). The molecule has 4 fully saturated rings. The zero-order valence-corrected chi connectivity index (χ0v) is 35.1. The normalized spacial score (nSPS) is 44.2. The minimum absolute atomic E-state index is 0.00940. The predicted molar refractivity (Wildman–Crippen MR) is 240 cm³/mol. The van der Waals surface area contributed by atoms with Gasteiger partial charge in [-0.05, 0) is 135 Å². The summed E-state index contributed by atoms with van der Waals surface area (Å²) in [6, 6.07) is 3.23. The second-order valence-corrected chi connectivity index (χ2v) is 21.0. The third-order valence-electron chi connectivity index (χ3n) is 16.9. The van der Waals surface area contributed by atoms with Gasteiger partial charge in [0.15, 0.2) is 0 Å². The van der Waals surface area contributed by atoms with Crippen LogP contribution in [0, 0.1) is 29.6 Å². The highest BCUT2D eigenvalue weighted by Crippen LogP contribution is 2.59. The molecule has 304 valence electrons. The predicted octanol–water partition coefficient (Wildman–Crippen LogP) is 9.28. The number of thioether (sulfide) groups is 1. The summed E-state index contributed by atoms with van der Waals surface area (Å²) in [7, 11) is 0. The molecule has 0 radical (unpaired) electrons. The van der Waals surface area contributed by atoms with Crippen molar-refractivity contribution in [3.05, 3.63) is 118 Å². The van der Waals surface area contributed by atoms with Crippen LogP contribution in [0.15, 0.2) is 123 Å². The number of hydrogen-bond acceptors (Lipinski definition) is 7. The molecule has 0 aromatic carbocycles. The molecule has 2 saturated heterocycles. The fourth-order valence-electron chi connectivity index (χ4n) is 14.6. The van der Waals surface area contributed by atoms with Crippen LogP contribution in [0.5, 0.6) is 0 Å². The third-order valence-corrected chi connectivity index (χ3v) is 18.4. The van der Waals surface area contributed by atoms with Crippen LogP contribution in [0.4, 0.5) is 0 Å². The Balaban J connectivity index is 0.853. The number of amidine groups is 1. The molecule has 0 aromatic heterocycles. The number of rotatable bonds is 5. The molecule has 0 aromatic rings. The summed E-state index contributed by atoms with van der Waals surface area (Å²) in [6.07, 6.45) is 53.9. The van der Waals surface area contributed by atoms with Gasteiger partial charge >= 0.3 is 0 Å². The van der Waals surface area contributed by atoms with Gasteiger partial charge in [0.25, 0.3) is 0 Å². The zero-order chi connectivity index (χ0) is 38.3. The molecule has 6 nitrogen and oxygen atoms in total. The number of nitrogens with one attached hydrogen (secondary N) is 2. The Bertz CT molecular complexity index is 2020. The number of hydrogen-bond donors (Lipinski definition) is 3. The minimum Gasteiger partial charge on any atom is -0.401 e. The summed E-state index contributed by atoms with van der Waals surface area (Å²) in [5.74, 6) is 4.22. The Labute approximate surface area is 351 Å². The topological polar surface area (TPSA) is 68.9 Å². The highest BCUT2D eigenvalue weighted by molar-refractivity contribution is 8.04. The highest BCUT2D eigenvalue weighted by atomic mass is 32.2. The summed E-state index contributed by atoms with van der Waals surface area (Å²) < 4.78 is 0. The van der Waals surface area contributed by atoms with Crippen molar-refractivity contribution in [3.8, 4) is 0 Å². The quantitative estimate of drug-likeness (QED) is 0.258. The van der Waals surface area contributed by atoms with E-state index in [1.165, 1.54) is 75.4 Å². The summed E-state index contributed by atoms with van der Waals surface area (Å²) in [5.41, 5.74) is 14.7. The van der Waals surface area contributed by atoms with E-state index in [0.717, 1.165) is 61.9 Å². The smallest absolute Gasteiger partial charge is 0.125 e. The Morgan fingerprint density at radius 2 is 1.71 bits per heavy atom. The molecule has 4 aliphatic heterocycles. The number of aliphatic imine (C=N–C) groups is 1. The van der Waals surface area contributed by atoms with E-state index in [4.69, 9.17) is 10.7 Å². The van der Waals surface area contributed by atoms with Gasteiger partial charge < -0.3 is 11.1 Å². The van der Waals surface area contributed by atoms with Crippen molar-refractivity contribution in [1.29, 1.82) is 0 Å². The third kappa shape index (κ3) is 6.10. The van der Waals surface area contributed by atoms with Crippen LogP contribution >= 0.6 is 11.8 Å². The molecule has 7 heteroatoms. The van der Waals surface area contributed by atoms with E-state index in [0.29, 0.717) is 53.3 Å². The Morgan fingerprint density at radius 1 is 0.793 bits per heavy atom. The lowest BCUT2D eigenvalue weighted by Crippen LogP contribution is -2.58. The molecular formula is C51H64N6S. The van der Waals surface area contributed by atoms with E-state index >= 15 is 0 Å². The molecule has 58 heavy (non-hydrogen) atoms. The number of nitrogens with two attached hydrogens (primary N) is 1. The molecule has 12 aliphatic rings. The molecule has 2 saturated carbocycles. The maximum atomic E-state index is 7.51. The van der Waals surface area contributed by atoms with Crippen LogP contribution in [0.2, 0.25) is 0 Å². The molecule has 8 aliphatic carbocycles. The Morgan fingerprint density at radius 3 is 2.60 bits per heavy atom. The van der Waals surface area contributed by atoms with Gasteiger partial charge in [0.1, 0.15) is 18.2 Å². The largest absolute Gasteiger partial charge is 0.401 e. The lowest BCUT2D eigenvalue weighted by Gasteiger charge is -2.48. The summed E-state index contributed by atoms with van der Waals surface area (Å²) in [4.78, 5) is 13.3. The first kappa shape index (κ1) is 36.7. The van der Waals surface area contributed by atoms with Gasteiger partial charge in [-0.25, -0.2) is 4.99 Å². The van der Waals surface area contributed by atoms with E-state index in [1.54, 1.807) is 16.1 Å². The number of likely N-dealkylation sites (tertiary alicyclic amines) is 2. The fraction of sp³-hybridized carbons (Fsp3) is 0.588. The van der Waals surface area contributed by atoms with Crippen molar-refractivity contribution < 1.29 is 0 Å². The number of nitrogens with zero attached hydrogens (tertiary/aromatic N) is 3. The Kier molecular flexibility index (Phi) is 9.57. The van der Waals surface area contributed by atoms with Crippen LogP contribution in [-0.2, 0) is 0 Å². The highest BCUT2D eigenvalue weighted by Gasteiger charge is 2.63. The van der Waals surface area contributed by atoms with Crippen LogP contribution in [0.1, 0.15) is 103 Å². The van der Waals surface area contributed by atoms with Gasteiger partial charge in [0.05, 0.1) is 0 Å². The monoisotopic (exact) mass is 792 g/mol. The number of fused-ring (bicyclic) bond motifs is 9. The molecule has 12 rings (SSSR count). The summed E-state index contributed by atoms with van der Waals surface area (Å²) in [6.45, 7) is 0. The summed E-state index contributed by atoms with van der Waals surface area (Å²) in [5, 5.41) is 8.63. The van der Waals surface area contributed by atoms with Gasteiger partial charge in [0.2, 0.25) is 0 Å². The molecule has 0 bridgehead atoms. The van der Waals surface area contributed by atoms with E-state index in [-0.39, 0.29) is 18.2 Å². The van der Waals surface area contributed by atoms with Gasteiger partial charge in [-0.2, -0.15) is 0 Å². The van der Waals surface area contributed by atoms with Crippen molar-refractivity contribution in [2.24, 2.45) is 40.3 Å². The fourth-order valence-corrected chi connectivity index (χ4v) is 16.1. The molecule has 4 N–H and O–H groups in total. The average molecular weight is 793 g/mol. The maximum absolute atomic E-state index is 7.51. The van der Waals surface area contributed by atoms with E-state index in [1.807, 2.05) is 0 Å². The van der Waals surface area contributed by atoms with Crippen molar-refractivity contribution in [3.63, 3.8) is 0 Å². The molecule has 4 heterocycles.